The predicted octanol–water partition coefficient (Wildman–Crippen LogP) is 1.86. The van der Waals surface area contributed by atoms with E-state index in [0.717, 1.165) is 25.7 Å². The summed E-state index contributed by atoms with van der Waals surface area (Å²) in [6, 6.07) is 3.31. The molecule has 6 nitrogen and oxygen atoms in total. The highest BCUT2D eigenvalue weighted by atomic mass is 16.5. The molecular weight excluding hydrogens is 322 g/mol. The van der Waals surface area contributed by atoms with Crippen LogP contribution in [0.25, 0.3) is 0 Å². The molecule has 0 radical (unpaired) electrons. The van der Waals surface area contributed by atoms with E-state index in [-0.39, 0.29) is 23.3 Å². The van der Waals surface area contributed by atoms with Gasteiger partial charge in [-0.15, -0.1) is 0 Å². The molecule has 1 amide bonds. The van der Waals surface area contributed by atoms with Crippen LogP contribution in [0, 0.1) is 11.8 Å². The quantitative estimate of drug-likeness (QED) is 0.798. The van der Waals surface area contributed by atoms with E-state index in [1.54, 1.807) is 26.0 Å². The summed E-state index contributed by atoms with van der Waals surface area (Å²) in [4.78, 5) is 12.4. The van der Waals surface area contributed by atoms with Crippen LogP contribution in [0.1, 0.15) is 55.8 Å². The van der Waals surface area contributed by atoms with Gasteiger partial charge in [0.1, 0.15) is 5.60 Å². The topological polar surface area (TPSA) is 80.9 Å². The van der Waals surface area contributed by atoms with Crippen molar-refractivity contribution in [1.29, 1.82) is 0 Å². The average Bonchev–Trinajstić information content (AvgIpc) is 3.02. The average molecular weight is 347 g/mol. The van der Waals surface area contributed by atoms with Gasteiger partial charge >= 0.3 is 0 Å². The molecule has 1 spiro atoms. The SMILES string of the molecule is CC(C)(O)C#Cc1ccc(C(=O)NC2CCOC3(CCOCC3)C2)o1. The molecule has 2 fully saturated rings. The van der Waals surface area contributed by atoms with Gasteiger partial charge in [-0.05, 0) is 57.6 Å². The van der Waals surface area contributed by atoms with Crippen molar-refractivity contribution >= 4 is 5.91 Å². The van der Waals surface area contributed by atoms with Gasteiger partial charge in [0, 0.05) is 25.9 Å². The lowest BCUT2D eigenvalue weighted by Crippen LogP contribution is -2.51. The van der Waals surface area contributed by atoms with E-state index in [2.05, 4.69) is 17.2 Å². The Morgan fingerprint density at radius 1 is 1.32 bits per heavy atom. The number of carbonyl (C=O) groups excluding carboxylic acids is 1. The number of amides is 1. The van der Waals surface area contributed by atoms with Crippen LogP contribution in [0.5, 0.6) is 0 Å². The maximum absolute atomic E-state index is 12.4. The van der Waals surface area contributed by atoms with Crippen molar-refractivity contribution in [2.24, 2.45) is 0 Å². The first-order chi connectivity index (χ1) is 11.9. The highest BCUT2D eigenvalue weighted by Gasteiger charge is 2.39. The normalized spacial score (nSPS) is 22.9. The summed E-state index contributed by atoms with van der Waals surface area (Å²) in [5.41, 5.74) is -1.27. The monoisotopic (exact) mass is 347 g/mol. The molecule has 1 aromatic rings. The number of aliphatic hydroxyl groups is 1. The van der Waals surface area contributed by atoms with Gasteiger partial charge in [-0.1, -0.05) is 5.92 Å². The summed E-state index contributed by atoms with van der Waals surface area (Å²) in [5.74, 6) is 5.74. The molecule has 2 saturated heterocycles. The van der Waals surface area contributed by atoms with E-state index in [1.807, 2.05) is 0 Å². The standard InChI is InChI=1S/C19H25NO5/c1-18(2,22)7-5-15-3-4-16(25-15)17(21)20-14-6-10-24-19(13-14)8-11-23-12-9-19/h3-4,14,22H,6,8-13H2,1-2H3,(H,20,21). The van der Waals surface area contributed by atoms with Crippen LogP contribution in [0.4, 0.5) is 0 Å². The van der Waals surface area contributed by atoms with Gasteiger partial charge in [-0.3, -0.25) is 4.79 Å². The zero-order chi connectivity index (χ0) is 17.9. The first-order valence-corrected chi connectivity index (χ1v) is 8.73. The number of hydrogen-bond donors (Lipinski definition) is 2. The maximum Gasteiger partial charge on any atom is 0.287 e. The Morgan fingerprint density at radius 2 is 2.08 bits per heavy atom. The molecule has 3 rings (SSSR count). The summed E-state index contributed by atoms with van der Waals surface area (Å²) < 4.78 is 16.9. The van der Waals surface area contributed by atoms with E-state index in [4.69, 9.17) is 13.9 Å². The molecule has 0 aromatic carbocycles. The molecule has 136 valence electrons. The summed E-state index contributed by atoms with van der Waals surface area (Å²) in [6.45, 7) is 5.25. The lowest BCUT2D eigenvalue weighted by atomic mass is 9.84. The van der Waals surface area contributed by atoms with Crippen LogP contribution in [0.2, 0.25) is 0 Å². The van der Waals surface area contributed by atoms with Crippen LogP contribution < -0.4 is 5.32 Å². The molecule has 1 aromatic heterocycles. The van der Waals surface area contributed by atoms with Gasteiger partial charge in [0.25, 0.3) is 5.91 Å². The fourth-order valence-corrected chi connectivity index (χ4v) is 3.24. The third-order valence-electron chi connectivity index (χ3n) is 4.55. The molecule has 3 heterocycles. The Labute approximate surface area is 147 Å². The van der Waals surface area contributed by atoms with Crippen molar-refractivity contribution in [2.45, 2.75) is 56.8 Å². The molecular formula is C19H25NO5. The summed E-state index contributed by atoms with van der Waals surface area (Å²) >= 11 is 0. The third kappa shape index (κ3) is 4.85. The van der Waals surface area contributed by atoms with Crippen LogP contribution in [-0.2, 0) is 9.47 Å². The molecule has 0 saturated carbocycles. The molecule has 1 unspecified atom stereocenters. The number of furan rings is 1. The van der Waals surface area contributed by atoms with E-state index in [9.17, 15) is 9.90 Å². The van der Waals surface area contributed by atoms with E-state index < -0.39 is 5.60 Å². The lowest BCUT2D eigenvalue weighted by Gasteiger charge is -2.43. The molecule has 2 N–H and O–H groups in total. The Bertz CT molecular complexity index is 664. The second-order valence-corrected chi connectivity index (χ2v) is 7.28. The molecule has 0 bridgehead atoms. The molecule has 2 aliphatic rings. The summed E-state index contributed by atoms with van der Waals surface area (Å²) in [6.07, 6.45) is 3.34. The van der Waals surface area contributed by atoms with Gasteiger partial charge in [0.15, 0.2) is 11.5 Å². The van der Waals surface area contributed by atoms with E-state index in [1.165, 1.54) is 0 Å². The van der Waals surface area contributed by atoms with Gasteiger partial charge < -0.3 is 24.3 Å². The summed E-state index contributed by atoms with van der Waals surface area (Å²) in [7, 11) is 0. The number of rotatable bonds is 2. The summed E-state index contributed by atoms with van der Waals surface area (Å²) in [5, 5.41) is 12.7. The van der Waals surface area contributed by atoms with Crippen molar-refractivity contribution < 1.29 is 23.8 Å². The first kappa shape index (κ1) is 18.0. The Kier molecular flexibility index (Phi) is 5.19. The Balaban J connectivity index is 1.60. The van der Waals surface area contributed by atoms with Crippen molar-refractivity contribution in [2.75, 3.05) is 19.8 Å². The minimum absolute atomic E-state index is 0.0651. The third-order valence-corrected chi connectivity index (χ3v) is 4.55. The molecule has 1 atom stereocenters. The molecule has 25 heavy (non-hydrogen) atoms. The van der Waals surface area contributed by atoms with Crippen molar-refractivity contribution in [1.82, 2.24) is 5.32 Å². The van der Waals surface area contributed by atoms with Crippen LogP contribution in [-0.4, -0.2) is 48.1 Å². The second-order valence-electron chi connectivity index (χ2n) is 7.28. The molecule has 6 heteroatoms. The Hall–Kier alpha value is -1.81. The minimum atomic E-state index is -1.10. The predicted molar refractivity (Wildman–Crippen MR) is 91.1 cm³/mol. The van der Waals surface area contributed by atoms with E-state index >= 15 is 0 Å². The number of hydrogen-bond acceptors (Lipinski definition) is 5. The van der Waals surface area contributed by atoms with Crippen LogP contribution in [0.15, 0.2) is 16.5 Å². The van der Waals surface area contributed by atoms with Gasteiger partial charge in [-0.2, -0.15) is 0 Å². The largest absolute Gasteiger partial charge is 0.443 e. The maximum atomic E-state index is 12.4. The van der Waals surface area contributed by atoms with Crippen molar-refractivity contribution in [3.63, 3.8) is 0 Å². The van der Waals surface area contributed by atoms with Gasteiger partial charge in [0.2, 0.25) is 0 Å². The Morgan fingerprint density at radius 3 is 2.80 bits per heavy atom. The van der Waals surface area contributed by atoms with E-state index in [0.29, 0.717) is 25.6 Å². The molecule has 0 aliphatic carbocycles. The second kappa shape index (κ2) is 7.20. The van der Waals surface area contributed by atoms with Gasteiger partial charge in [0.05, 0.1) is 5.60 Å². The number of ether oxygens (including phenoxy) is 2. The molecule has 2 aliphatic heterocycles. The van der Waals surface area contributed by atoms with Crippen molar-refractivity contribution in [3.8, 4) is 11.8 Å². The van der Waals surface area contributed by atoms with Crippen LogP contribution in [0.3, 0.4) is 0 Å². The smallest absolute Gasteiger partial charge is 0.287 e. The highest BCUT2D eigenvalue weighted by Crippen LogP contribution is 2.34. The fraction of sp³-hybridized carbons (Fsp3) is 0.632. The fourth-order valence-electron chi connectivity index (χ4n) is 3.24. The number of nitrogens with one attached hydrogen (secondary N) is 1. The van der Waals surface area contributed by atoms with Gasteiger partial charge in [-0.25, -0.2) is 0 Å². The first-order valence-electron chi connectivity index (χ1n) is 8.73. The minimum Gasteiger partial charge on any atom is -0.443 e. The van der Waals surface area contributed by atoms with Crippen LogP contribution >= 0.6 is 0 Å². The highest BCUT2D eigenvalue weighted by molar-refractivity contribution is 5.91. The zero-order valence-electron chi connectivity index (χ0n) is 14.8. The lowest BCUT2D eigenvalue weighted by molar-refractivity contribution is -0.139. The number of carbonyl (C=O) groups is 1. The van der Waals surface area contributed by atoms with Crippen molar-refractivity contribution in [3.05, 3.63) is 23.7 Å². The zero-order valence-corrected chi connectivity index (χ0v) is 14.8.